The van der Waals surface area contributed by atoms with Crippen molar-refractivity contribution in [1.29, 1.82) is 0 Å². The molecule has 2 radical (unpaired) electrons. The van der Waals surface area contributed by atoms with Crippen LogP contribution in [0.2, 0.25) is 0 Å². The summed E-state index contributed by atoms with van der Waals surface area (Å²) in [5.41, 5.74) is 0. The van der Waals surface area contributed by atoms with Gasteiger partial charge in [0.2, 0.25) is 0 Å². The predicted molar refractivity (Wildman–Crippen MR) is 25.4 cm³/mol. The molecular weight excluding hydrogens is 160 g/mol. The maximum Gasteiger partial charge on any atom is 0.182 e. The standard InChI is InChI=1S/C2H4OS.Sr/c1-2(3)4;/h1H3,(H,3,4);. The van der Waals surface area contributed by atoms with Crippen molar-refractivity contribution in [2.24, 2.45) is 0 Å². The molecule has 0 aliphatic carbocycles. The van der Waals surface area contributed by atoms with Crippen molar-refractivity contribution in [2.75, 3.05) is 0 Å². The van der Waals surface area contributed by atoms with E-state index < -0.39 is 0 Å². The first-order valence-corrected chi connectivity index (χ1v) is 1.37. The van der Waals surface area contributed by atoms with Crippen LogP contribution in [0.4, 0.5) is 0 Å². The third-order valence-corrected chi connectivity index (χ3v) is 0. The Kier molecular flexibility index (Phi) is 10.7. The van der Waals surface area contributed by atoms with E-state index in [0.717, 1.165) is 0 Å². The van der Waals surface area contributed by atoms with Crippen molar-refractivity contribution < 1.29 is 4.79 Å². The largest absolute Gasteiger partial charge is 0.288 e. The van der Waals surface area contributed by atoms with Gasteiger partial charge in [0.15, 0.2) is 5.12 Å². The number of hydrogen-bond acceptors (Lipinski definition) is 1. The van der Waals surface area contributed by atoms with Gasteiger partial charge in [0.05, 0.1) is 0 Å². The molecule has 3 heteroatoms. The van der Waals surface area contributed by atoms with Gasteiger partial charge in [0, 0.05) is 52.4 Å². The fourth-order valence-electron chi connectivity index (χ4n) is 0. The molecule has 5 heavy (non-hydrogen) atoms. The Morgan fingerprint density at radius 2 is 1.80 bits per heavy atom. The zero-order valence-corrected chi connectivity index (χ0v) is 7.43. The van der Waals surface area contributed by atoms with E-state index in [-0.39, 0.29) is 50.6 Å². The van der Waals surface area contributed by atoms with E-state index in [4.69, 9.17) is 0 Å². The van der Waals surface area contributed by atoms with Gasteiger partial charge in [-0.2, -0.15) is 0 Å². The van der Waals surface area contributed by atoms with Crippen molar-refractivity contribution in [3.63, 3.8) is 0 Å². The molecule has 0 aromatic rings. The van der Waals surface area contributed by atoms with E-state index in [1.807, 2.05) is 0 Å². The van der Waals surface area contributed by atoms with Crippen LogP contribution < -0.4 is 0 Å². The summed E-state index contributed by atoms with van der Waals surface area (Å²) in [4.78, 5) is 9.31. The van der Waals surface area contributed by atoms with Gasteiger partial charge < -0.3 is 0 Å². The minimum absolute atomic E-state index is 0. The first kappa shape index (κ1) is 9.71. The summed E-state index contributed by atoms with van der Waals surface area (Å²) in [6.45, 7) is 1.39. The first-order chi connectivity index (χ1) is 1.73. The third-order valence-electron chi connectivity index (χ3n) is 0. The molecule has 26 valence electrons. The molecule has 0 heterocycles. The van der Waals surface area contributed by atoms with Crippen molar-refractivity contribution >= 4 is 63.2 Å². The van der Waals surface area contributed by atoms with Gasteiger partial charge in [-0.25, -0.2) is 0 Å². The smallest absolute Gasteiger partial charge is 0.182 e. The molecule has 0 aromatic carbocycles. The van der Waals surface area contributed by atoms with Crippen LogP contribution in [0.1, 0.15) is 6.92 Å². The predicted octanol–water partition coefficient (Wildman–Crippen LogP) is 0.0819. The minimum atomic E-state index is -0.139. The van der Waals surface area contributed by atoms with E-state index >= 15 is 0 Å². The topological polar surface area (TPSA) is 17.1 Å². The Morgan fingerprint density at radius 1 is 1.80 bits per heavy atom. The van der Waals surface area contributed by atoms with E-state index in [0.29, 0.717) is 0 Å². The van der Waals surface area contributed by atoms with E-state index in [9.17, 15) is 4.79 Å². The summed E-state index contributed by atoms with van der Waals surface area (Å²) >= 11 is 3.33. The first-order valence-electron chi connectivity index (χ1n) is 0.928. The number of thiol groups is 1. The maximum absolute atomic E-state index is 9.31. The van der Waals surface area contributed by atoms with E-state index in [2.05, 4.69) is 12.6 Å². The van der Waals surface area contributed by atoms with E-state index in [1.54, 1.807) is 0 Å². The van der Waals surface area contributed by atoms with Crippen LogP contribution in [-0.4, -0.2) is 50.6 Å². The summed E-state index contributed by atoms with van der Waals surface area (Å²) < 4.78 is 0. The van der Waals surface area contributed by atoms with Crippen LogP contribution in [-0.2, 0) is 4.79 Å². The molecule has 0 aliphatic heterocycles. The van der Waals surface area contributed by atoms with Crippen molar-refractivity contribution in [3.05, 3.63) is 0 Å². The Balaban J connectivity index is 0. The monoisotopic (exact) mass is 164 g/mol. The van der Waals surface area contributed by atoms with Crippen LogP contribution in [0.5, 0.6) is 0 Å². The van der Waals surface area contributed by atoms with Crippen molar-refractivity contribution in [3.8, 4) is 0 Å². The molecule has 0 spiro atoms. The average molecular weight is 164 g/mol. The van der Waals surface area contributed by atoms with Gasteiger partial charge >= 0.3 is 0 Å². The van der Waals surface area contributed by atoms with Gasteiger partial charge in [-0.3, -0.25) is 4.79 Å². The molecule has 0 unspecified atom stereocenters. The summed E-state index contributed by atoms with van der Waals surface area (Å²) in [6, 6.07) is 0. The molecule has 0 aliphatic rings. The molecule has 0 N–H and O–H groups in total. The number of carbonyl (C=O) groups is 1. The Labute approximate surface area is 73.8 Å². The normalized spacial score (nSPS) is 5.20. The quantitative estimate of drug-likeness (QED) is 0.396. The molecule has 0 rings (SSSR count). The van der Waals surface area contributed by atoms with Gasteiger partial charge in [0.1, 0.15) is 0 Å². The van der Waals surface area contributed by atoms with Gasteiger partial charge in [-0.1, -0.05) is 0 Å². The second-order valence-corrected chi connectivity index (χ2v) is 1.15. The Bertz CT molecular complexity index is 32.6. The fraction of sp³-hybridized carbons (Fsp3) is 0.500. The van der Waals surface area contributed by atoms with Crippen LogP contribution in [0, 0.1) is 0 Å². The molecular formula is C2H4OSSr. The third kappa shape index (κ3) is 29.9. The average Bonchev–Trinajstić information content (AvgIpc) is 0.811. The van der Waals surface area contributed by atoms with Crippen LogP contribution in [0.15, 0.2) is 0 Å². The van der Waals surface area contributed by atoms with Crippen LogP contribution in [0.3, 0.4) is 0 Å². The second kappa shape index (κ2) is 5.50. The second-order valence-electron chi connectivity index (χ2n) is 0.519. The van der Waals surface area contributed by atoms with Gasteiger partial charge in [-0.15, -0.1) is 12.6 Å². The van der Waals surface area contributed by atoms with Crippen molar-refractivity contribution in [1.82, 2.24) is 0 Å². The fourth-order valence-corrected chi connectivity index (χ4v) is 0. The number of carbonyl (C=O) groups excluding carboxylic acids is 1. The zero-order chi connectivity index (χ0) is 3.58. The van der Waals surface area contributed by atoms with Gasteiger partial charge in [-0.05, 0) is 0 Å². The minimum Gasteiger partial charge on any atom is -0.288 e. The van der Waals surface area contributed by atoms with Crippen LogP contribution >= 0.6 is 12.6 Å². The molecule has 0 amide bonds. The summed E-state index contributed by atoms with van der Waals surface area (Å²) in [6.07, 6.45) is 0. The van der Waals surface area contributed by atoms with Crippen molar-refractivity contribution in [2.45, 2.75) is 6.92 Å². The maximum atomic E-state index is 9.31. The van der Waals surface area contributed by atoms with Crippen LogP contribution in [0.25, 0.3) is 0 Å². The number of rotatable bonds is 0. The number of hydrogen-bond donors (Lipinski definition) is 1. The Morgan fingerprint density at radius 3 is 1.80 bits per heavy atom. The zero-order valence-electron chi connectivity index (χ0n) is 3.06. The Hall–Kier alpha value is 1.50. The van der Waals surface area contributed by atoms with E-state index in [1.165, 1.54) is 6.92 Å². The molecule has 0 aromatic heterocycles. The molecule has 0 fully saturated rings. The summed E-state index contributed by atoms with van der Waals surface area (Å²) in [5.74, 6) is 0. The molecule has 0 saturated carbocycles. The molecule has 0 saturated heterocycles. The molecule has 1 nitrogen and oxygen atoms in total. The summed E-state index contributed by atoms with van der Waals surface area (Å²) in [7, 11) is 0. The SMILES string of the molecule is CC(=O)S.[Sr]. The summed E-state index contributed by atoms with van der Waals surface area (Å²) in [5, 5.41) is -0.139. The molecule has 0 atom stereocenters. The molecule has 0 bridgehead atoms. The van der Waals surface area contributed by atoms with Gasteiger partial charge in [0.25, 0.3) is 0 Å².